The first-order valence-corrected chi connectivity index (χ1v) is 8.67. The molecule has 2 rings (SSSR count). The fourth-order valence-corrected chi connectivity index (χ4v) is 3.56. The van der Waals surface area contributed by atoms with E-state index in [-0.39, 0.29) is 18.1 Å². The minimum absolute atomic E-state index is 0.0403. The number of nitrogens with zero attached hydrogens (tertiary/aromatic N) is 2. The molecule has 0 aromatic carbocycles. The average Bonchev–Trinajstić information content (AvgIpc) is 3.07. The first-order chi connectivity index (χ1) is 10.0. The molecule has 0 saturated carbocycles. The van der Waals surface area contributed by atoms with E-state index in [1.165, 1.54) is 4.88 Å². The van der Waals surface area contributed by atoms with Crippen molar-refractivity contribution in [1.82, 2.24) is 15.1 Å². The first kappa shape index (κ1) is 16.5. The molecule has 0 radical (unpaired) electrons. The Hall–Kier alpha value is -0.910. The minimum Gasteiger partial charge on any atom is -0.321 e. The van der Waals surface area contributed by atoms with Gasteiger partial charge in [-0.15, -0.1) is 11.3 Å². The summed E-state index contributed by atoms with van der Waals surface area (Å²) in [7, 11) is 4.14. The summed E-state index contributed by atoms with van der Waals surface area (Å²) in [5.41, 5.74) is 0. The van der Waals surface area contributed by atoms with E-state index in [2.05, 4.69) is 55.7 Å². The summed E-state index contributed by atoms with van der Waals surface area (Å²) in [6.07, 6.45) is 2.08. The molecule has 0 spiro atoms. The Bertz CT molecular complexity index is 446. The van der Waals surface area contributed by atoms with Crippen LogP contribution in [-0.2, 0) is 4.79 Å². The van der Waals surface area contributed by atoms with Gasteiger partial charge in [-0.2, -0.15) is 0 Å². The van der Waals surface area contributed by atoms with Crippen molar-refractivity contribution in [2.45, 2.75) is 38.9 Å². The van der Waals surface area contributed by atoms with Gasteiger partial charge in [-0.1, -0.05) is 26.3 Å². The average molecular weight is 309 g/mol. The van der Waals surface area contributed by atoms with Crippen LogP contribution in [-0.4, -0.2) is 48.9 Å². The standard InChI is InChI=1S/C16H27N3OS/c1-5-12(2)14-16(20)19(10-7-9-18(3)4)15(17-14)13-8-6-11-21-13/h6,8,11-12,14-15,17H,5,7,9-10H2,1-4H3. The van der Waals surface area contributed by atoms with Crippen LogP contribution in [0.2, 0.25) is 0 Å². The molecule has 1 saturated heterocycles. The quantitative estimate of drug-likeness (QED) is 0.841. The highest BCUT2D eigenvalue weighted by molar-refractivity contribution is 7.10. The fraction of sp³-hybridized carbons (Fsp3) is 0.688. The van der Waals surface area contributed by atoms with Gasteiger partial charge in [0.25, 0.3) is 0 Å². The van der Waals surface area contributed by atoms with Crippen molar-refractivity contribution in [3.8, 4) is 0 Å². The van der Waals surface area contributed by atoms with Gasteiger partial charge in [0.15, 0.2) is 0 Å². The number of hydrogen-bond donors (Lipinski definition) is 1. The molecule has 21 heavy (non-hydrogen) atoms. The summed E-state index contributed by atoms with van der Waals surface area (Å²) in [6.45, 7) is 6.13. The largest absolute Gasteiger partial charge is 0.321 e. The van der Waals surface area contributed by atoms with Gasteiger partial charge >= 0.3 is 0 Å². The zero-order valence-corrected chi connectivity index (χ0v) is 14.3. The molecule has 1 aromatic heterocycles. The molecule has 4 nitrogen and oxygen atoms in total. The van der Waals surface area contributed by atoms with Crippen LogP contribution in [0, 0.1) is 5.92 Å². The summed E-state index contributed by atoms with van der Waals surface area (Å²) in [4.78, 5) is 18.2. The summed E-state index contributed by atoms with van der Waals surface area (Å²) < 4.78 is 0. The SMILES string of the molecule is CCC(C)C1NC(c2cccs2)N(CCCN(C)C)C1=O. The van der Waals surface area contributed by atoms with Crippen LogP contribution in [0.5, 0.6) is 0 Å². The Balaban J connectivity index is 2.10. The second-order valence-corrected chi connectivity index (χ2v) is 7.12. The smallest absolute Gasteiger partial charge is 0.241 e. The zero-order valence-electron chi connectivity index (χ0n) is 13.5. The van der Waals surface area contributed by atoms with Crippen molar-refractivity contribution in [2.24, 2.45) is 5.92 Å². The summed E-state index contributed by atoms with van der Waals surface area (Å²) in [6, 6.07) is 4.13. The Labute approximate surface area is 132 Å². The lowest BCUT2D eigenvalue weighted by molar-refractivity contribution is -0.131. The topological polar surface area (TPSA) is 35.6 Å². The van der Waals surface area contributed by atoms with Gasteiger partial charge in [0.1, 0.15) is 6.17 Å². The zero-order chi connectivity index (χ0) is 15.4. The van der Waals surface area contributed by atoms with Crippen LogP contribution in [0.25, 0.3) is 0 Å². The molecule has 0 aliphatic carbocycles. The van der Waals surface area contributed by atoms with Gasteiger partial charge in [0.2, 0.25) is 5.91 Å². The minimum atomic E-state index is -0.0403. The maximum Gasteiger partial charge on any atom is 0.241 e. The number of amides is 1. The first-order valence-electron chi connectivity index (χ1n) is 7.79. The fourth-order valence-electron chi connectivity index (χ4n) is 2.76. The van der Waals surface area contributed by atoms with E-state index in [0.717, 1.165) is 25.9 Å². The third kappa shape index (κ3) is 3.84. The molecule has 3 atom stereocenters. The molecule has 5 heteroatoms. The van der Waals surface area contributed by atoms with Gasteiger partial charge in [-0.3, -0.25) is 10.1 Å². The normalized spacial score (nSPS) is 24.0. The Morgan fingerprint density at radius 3 is 2.81 bits per heavy atom. The van der Waals surface area contributed by atoms with Crippen molar-refractivity contribution in [2.75, 3.05) is 27.2 Å². The molecule has 1 aliphatic rings. The van der Waals surface area contributed by atoms with Crippen LogP contribution in [0.4, 0.5) is 0 Å². The van der Waals surface area contributed by atoms with E-state index in [0.29, 0.717) is 5.92 Å². The van der Waals surface area contributed by atoms with Crippen LogP contribution in [0.15, 0.2) is 17.5 Å². The molecule has 1 aromatic rings. The summed E-state index contributed by atoms with van der Waals surface area (Å²) >= 11 is 1.72. The van der Waals surface area contributed by atoms with E-state index in [9.17, 15) is 4.79 Å². The highest BCUT2D eigenvalue weighted by Crippen LogP contribution is 2.31. The van der Waals surface area contributed by atoms with Gasteiger partial charge in [-0.25, -0.2) is 0 Å². The molecule has 0 bridgehead atoms. The second-order valence-electron chi connectivity index (χ2n) is 6.14. The van der Waals surface area contributed by atoms with E-state index < -0.39 is 0 Å². The molecule has 3 unspecified atom stereocenters. The van der Waals surface area contributed by atoms with Crippen molar-refractivity contribution in [3.63, 3.8) is 0 Å². The lowest BCUT2D eigenvalue weighted by atomic mass is 9.99. The number of carbonyl (C=O) groups excluding carboxylic acids is 1. The highest BCUT2D eigenvalue weighted by atomic mass is 32.1. The third-order valence-electron chi connectivity index (χ3n) is 4.23. The number of rotatable bonds is 7. The molecular formula is C16H27N3OS. The highest BCUT2D eigenvalue weighted by Gasteiger charge is 2.41. The van der Waals surface area contributed by atoms with E-state index in [1.807, 2.05) is 4.90 Å². The van der Waals surface area contributed by atoms with E-state index in [4.69, 9.17) is 0 Å². The van der Waals surface area contributed by atoms with Crippen molar-refractivity contribution in [3.05, 3.63) is 22.4 Å². The van der Waals surface area contributed by atoms with Crippen molar-refractivity contribution in [1.29, 1.82) is 0 Å². The van der Waals surface area contributed by atoms with E-state index in [1.54, 1.807) is 11.3 Å². The van der Waals surface area contributed by atoms with Gasteiger partial charge in [-0.05, 0) is 44.4 Å². The summed E-state index contributed by atoms with van der Waals surface area (Å²) in [5, 5.41) is 5.63. The van der Waals surface area contributed by atoms with Crippen LogP contribution in [0.3, 0.4) is 0 Å². The van der Waals surface area contributed by atoms with Crippen LogP contribution in [0.1, 0.15) is 37.7 Å². The molecular weight excluding hydrogens is 282 g/mol. The number of carbonyl (C=O) groups is 1. The van der Waals surface area contributed by atoms with Gasteiger partial charge < -0.3 is 9.80 Å². The maximum absolute atomic E-state index is 12.7. The van der Waals surface area contributed by atoms with Crippen molar-refractivity contribution < 1.29 is 4.79 Å². The molecule has 118 valence electrons. The number of nitrogens with one attached hydrogen (secondary N) is 1. The van der Waals surface area contributed by atoms with E-state index >= 15 is 0 Å². The summed E-state index contributed by atoms with van der Waals surface area (Å²) in [5.74, 6) is 0.639. The molecule has 1 aliphatic heterocycles. The third-order valence-corrected chi connectivity index (χ3v) is 5.15. The molecule has 2 heterocycles. The lowest BCUT2D eigenvalue weighted by Crippen LogP contribution is -2.36. The lowest BCUT2D eigenvalue weighted by Gasteiger charge is -2.24. The Morgan fingerprint density at radius 2 is 2.24 bits per heavy atom. The van der Waals surface area contributed by atoms with Crippen LogP contribution < -0.4 is 5.32 Å². The predicted molar refractivity (Wildman–Crippen MR) is 88.3 cm³/mol. The maximum atomic E-state index is 12.7. The molecule has 1 N–H and O–H groups in total. The van der Waals surface area contributed by atoms with Gasteiger partial charge in [0.05, 0.1) is 6.04 Å². The number of hydrogen-bond acceptors (Lipinski definition) is 4. The van der Waals surface area contributed by atoms with Gasteiger partial charge in [0, 0.05) is 11.4 Å². The van der Waals surface area contributed by atoms with Crippen LogP contribution >= 0.6 is 11.3 Å². The monoisotopic (exact) mass is 309 g/mol. The molecule has 1 fully saturated rings. The Kier molecular flexibility index (Phi) is 5.79. The predicted octanol–water partition coefficient (Wildman–Crippen LogP) is 2.54. The molecule has 1 amide bonds. The Morgan fingerprint density at radius 1 is 1.48 bits per heavy atom. The van der Waals surface area contributed by atoms with Crippen molar-refractivity contribution >= 4 is 17.2 Å². The number of thiophene rings is 1. The second kappa shape index (κ2) is 7.38.